The van der Waals surface area contributed by atoms with Gasteiger partial charge in [0, 0.05) is 13.2 Å². The van der Waals surface area contributed by atoms with E-state index in [9.17, 15) is 8.42 Å². The molecule has 1 unspecified atom stereocenters. The van der Waals surface area contributed by atoms with Gasteiger partial charge in [-0.25, -0.2) is 8.42 Å². The van der Waals surface area contributed by atoms with Gasteiger partial charge in [-0.2, -0.15) is 4.31 Å². The molecule has 26 heavy (non-hydrogen) atoms. The molecule has 0 spiro atoms. The molecule has 1 heterocycles. The Morgan fingerprint density at radius 1 is 0.923 bits per heavy atom. The molecule has 0 radical (unpaired) electrons. The quantitative estimate of drug-likeness (QED) is 0.668. The molecule has 134 valence electrons. The monoisotopic (exact) mass is 368 g/mol. The summed E-state index contributed by atoms with van der Waals surface area (Å²) in [5.41, 5.74) is 1.49. The molecule has 0 bridgehead atoms. The molecule has 0 aliphatic carbocycles. The van der Waals surface area contributed by atoms with Gasteiger partial charge in [0.1, 0.15) is 10.6 Å². The van der Waals surface area contributed by atoms with Crippen molar-refractivity contribution in [2.45, 2.75) is 10.9 Å². The summed E-state index contributed by atoms with van der Waals surface area (Å²) in [5.74, 6) is 0.312. The Balaban J connectivity index is 2.12. The van der Waals surface area contributed by atoms with E-state index < -0.39 is 16.1 Å². The largest absolute Gasteiger partial charge is 0.495 e. The van der Waals surface area contributed by atoms with Crippen molar-refractivity contribution in [3.63, 3.8) is 0 Å². The van der Waals surface area contributed by atoms with Crippen molar-refractivity contribution < 1.29 is 13.2 Å². The third-order valence-electron chi connectivity index (χ3n) is 4.17. The van der Waals surface area contributed by atoms with Gasteiger partial charge in [0.15, 0.2) is 0 Å². The van der Waals surface area contributed by atoms with Crippen LogP contribution in [0.1, 0.15) is 17.3 Å². The summed E-state index contributed by atoms with van der Waals surface area (Å²) in [7, 11) is -0.785. The number of sulfonamides is 1. The van der Waals surface area contributed by atoms with Gasteiger partial charge in [-0.1, -0.05) is 48.5 Å². The van der Waals surface area contributed by atoms with Crippen LogP contribution < -0.4 is 4.74 Å². The molecule has 1 aromatic heterocycles. The zero-order valence-corrected chi connectivity index (χ0v) is 15.4. The Kier molecular flexibility index (Phi) is 5.35. The van der Waals surface area contributed by atoms with Crippen LogP contribution in [0.15, 0.2) is 83.9 Å². The standard InChI is InChI=1S/C20H20N2O3S/c1-22(26(23,24)19-14-7-6-13-18(19)25-2)20(16-10-4-3-5-11-16)17-12-8-9-15-21-17/h3-15,20H,1-2H3. The summed E-state index contributed by atoms with van der Waals surface area (Å²) in [6.07, 6.45) is 1.66. The number of para-hydroxylation sites is 1. The zero-order chi connectivity index (χ0) is 18.6. The van der Waals surface area contributed by atoms with Crippen molar-refractivity contribution in [3.8, 4) is 5.75 Å². The molecule has 0 saturated carbocycles. The van der Waals surface area contributed by atoms with Gasteiger partial charge in [0.25, 0.3) is 0 Å². The molecule has 5 nitrogen and oxygen atoms in total. The van der Waals surface area contributed by atoms with Crippen molar-refractivity contribution in [2.75, 3.05) is 14.2 Å². The minimum atomic E-state index is -3.81. The van der Waals surface area contributed by atoms with Crippen LogP contribution >= 0.6 is 0 Å². The molecule has 0 N–H and O–H groups in total. The van der Waals surface area contributed by atoms with Crippen molar-refractivity contribution in [1.29, 1.82) is 0 Å². The molecule has 3 aromatic rings. The number of pyridine rings is 1. The van der Waals surface area contributed by atoms with E-state index in [1.807, 2.05) is 42.5 Å². The van der Waals surface area contributed by atoms with Gasteiger partial charge in [-0.05, 0) is 29.8 Å². The van der Waals surface area contributed by atoms with Gasteiger partial charge in [-0.15, -0.1) is 0 Å². The lowest BCUT2D eigenvalue weighted by Crippen LogP contribution is -2.32. The smallest absolute Gasteiger partial charge is 0.247 e. The van der Waals surface area contributed by atoms with E-state index in [0.717, 1.165) is 5.56 Å². The molecule has 1 atom stereocenters. The Labute approximate surface area is 153 Å². The second kappa shape index (κ2) is 7.68. The summed E-state index contributed by atoms with van der Waals surface area (Å²) in [5, 5.41) is 0. The maximum Gasteiger partial charge on any atom is 0.247 e. The molecule has 0 saturated heterocycles. The van der Waals surface area contributed by atoms with Crippen LogP contribution in [0.5, 0.6) is 5.75 Å². The van der Waals surface area contributed by atoms with Crippen molar-refractivity contribution in [3.05, 3.63) is 90.3 Å². The summed E-state index contributed by atoms with van der Waals surface area (Å²) < 4.78 is 33.2. The first-order valence-corrected chi connectivity index (χ1v) is 9.56. The highest BCUT2D eigenvalue weighted by atomic mass is 32.2. The third kappa shape index (κ3) is 3.47. The summed E-state index contributed by atoms with van der Waals surface area (Å²) in [6, 6.07) is 21.0. The normalized spacial score (nSPS) is 12.7. The molecular weight excluding hydrogens is 348 g/mol. The van der Waals surface area contributed by atoms with Gasteiger partial charge in [-0.3, -0.25) is 4.98 Å². The first kappa shape index (κ1) is 18.1. The van der Waals surface area contributed by atoms with Crippen molar-refractivity contribution in [2.24, 2.45) is 0 Å². The predicted molar refractivity (Wildman–Crippen MR) is 100 cm³/mol. The van der Waals surface area contributed by atoms with Crippen molar-refractivity contribution in [1.82, 2.24) is 9.29 Å². The Hall–Kier alpha value is -2.70. The number of rotatable bonds is 6. The molecule has 0 aliphatic rings. The Morgan fingerprint density at radius 2 is 1.58 bits per heavy atom. The molecule has 6 heteroatoms. The topological polar surface area (TPSA) is 59.5 Å². The maximum atomic E-state index is 13.3. The highest BCUT2D eigenvalue weighted by molar-refractivity contribution is 7.89. The lowest BCUT2D eigenvalue weighted by molar-refractivity contribution is 0.388. The highest BCUT2D eigenvalue weighted by Crippen LogP contribution is 2.33. The number of ether oxygens (including phenoxy) is 1. The Bertz CT molecular complexity index is 921. The summed E-state index contributed by atoms with van der Waals surface area (Å²) in [4.78, 5) is 4.52. The van der Waals surface area contributed by atoms with E-state index in [4.69, 9.17) is 4.74 Å². The lowest BCUT2D eigenvalue weighted by Gasteiger charge is -2.28. The van der Waals surface area contributed by atoms with E-state index in [1.165, 1.54) is 11.4 Å². The average Bonchev–Trinajstić information content (AvgIpc) is 2.69. The van der Waals surface area contributed by atoms with E-state index in [2.05, 4.69) is 4.98 Å². The van der Waals surface area contributed by atoms with Gasteiger partial charge in [0.2, 0.25) is 10.0 Å². The molecule has 3 rings (SSSR count). The van der Waals surface area contributed by atoms with Gasteiger partial charge in [0.05, 0.1) is 18.8 Å². The van der Waals surface area contributed by atoms with Crippen LogP contribution in [0.25, 0.3) is 0 Å². The number of benzene rings is 2. The minimum Gasteiger partial charge on any atom is -0.495 e. The van der Waals surface area contributed by atoms with Crippen LogP contribution in [-0.4, -0.2) is 31.9 Å². The fourth-order valence-electron chi connectivity index (χ4n) is 2.87. The van der Waals surface area contributed by atoms with E-state index in [0.29, 0.717) is 11.4 Å². The third-order valence-corrected chi connectivity index (χ3v) is 6.04. The first-order valence-electron chi connectivity index (χ1n) is 8.12. The van der Waals surface area contributed by atoms with Crippen LogP contribution in [0.2, 0.25) is 0 Å². The number of aromatic nitrogens is 1. The molecule has 2 aromatic carbocycles. The second-order valence-corrected chi connectivity index (χ2v) is 7.71. The molecule has 0 fully saturated rings. The van der Waals surface area contributed by atoms with Gasteiger partial charge >= 0.3 is 0 Å². The highest BCUT2D eigenvalue weighted by Gasteiger charge is 2.32. The predicted octanol–water partition coefficient (Wildman–Crippen LogP) is 3.50. The zero-order valence-electron chi connectivity index (χ0n) is 14.6. The van der Waals surface area contributed by atoms with E-state index in [1.54, 1.807) is 43.6 Å². The van der Waals surface area contributed by atoms with Crippen LogP contribution in [0.3, 0.4) is 0 Å². The number of hydrogen-bond donors (Lipinski definition) is 0. The van der Waals surface area contributed by atoms with Crippen LogP contribution in [-0.2, 0) is 10.0 Å². The average molecular weight is 368 g/mol. The second-order valence-electron chi connectivity index (χ2n) is 5.74. The number of nitrogens with zero attached hydrogens (tertiary/aromatic N) is 2. The summed E-state index contributed by atoms with van der Waals surface area (Å²) >= 11 is 0. The maximum absolute atomic E-state index is 13.3. The molecular formula is C20H20N2O3S. The molecule has 0 amide bonds. The van der Waals surface area contributed by atoms with E-state index >= 15 is 0 Å². The SMILES string of the molecule is COc1ccccc1S(=O)(=O)N(C)C(c1ccccc1)c1ccccn1. The van der Waals surface area contributed by atoms with Gasteiger partial charge < -0.3 is 4.74 Å². The summed E-state index contributed by atoms with van der Waals surface area (Å²) in [6.45, 7) is 0. The van der Waals surface area contributed by atoms with Crippen LogP contribution in [0.4, 0.5) is 0 Å². The fourth-order valence-corrected chi connectivity index (χ4v) is 4.34. The minimum absolute atomic E-state index is 0.127. The fraction of sp³-hybridized carbons (Fsp3) is 0.150. The van der Waals surface area contributed by atoms with E-state index in [-0.39, 0.29) is 4.90 Å². The number of methoxy groups -OCH3 is 1. The molecule has 0 aliphatic heterocycles. The lowest BCUT2D eigenvalue weighted by atomic mass is 10.0. The first-order chi connectivity index (χ1) is 12.6. The number of hydrogen-bond acceptors (Lipinski definition) is 4. The Morgan fingerprint density at radius 3 is 2.23 bits per heavy atom. The van der Waals surface area contributed by atoms with Crippen LogP contribution in [0, 0.1) is 0 Å². The van der Waals surface area contributed by atoms with Crippen molar-refractivity contribution >= 4 is 10.0 Å².